The second kappa shape index (κ2) is 18.3. The van der Waals surface area contributed by atoms with Gasteiger partial charge < -0.3 is 20.1 Å². The Labute approximate surface area is 266 Å². The van der Waals surface area contributed by atoms with E-state index in [1.54, 1.807) is 0 Å². The third kappa shape index (κ3) is 11.8. The van der Waals surface area contributed by atoms with Crippen LogP contribution < -0.4 is 20.1 Å². The van der Waals surface area contributed by atoms with Crippen LogP contribution in [-0.2, 0) is 12.8 Å². The third-order valence-electron chi connectivity index (χ3n) is 8.17. The third-order valence-corrected chi connectivity index (χ3v) is 8.17. The van der Waals surface area contributed by atoms with Crippen LogP contribution in [0.15, 0.2) is 109 Å². The van der Waals surface area contributed by atoms with Gasteiger partial charge in [-0.25, -0.2) is 0 Å². The van der Waals surface area contributed by atoms with Crippen LogP contribution in [0, 0.1) is 0 Å². The summed E-state index contributed by atoms with van der Waals surface area (Å²) < 4.78 is 12.0. The lowest BCUT2D eigenvalue weighted by Crippen LogP contribution is -2.30. The Morgan fingerprint density at radius 2 is 0.818 bits per heavy atom. The van der Waals surface area contributed by atoms with Gasteiger partial charge in [-0.2, -0.15) is 0 Å². The van der Waals surface area contributed by atoms with Gasteiger partial charge in [-0.05, 0) is 113 Å². The van der Waals surface area contributed by atoms with Crippen LogP contribution in [0.2, 0.25) is 0 Å². The Balaban J connectivity index is 1.03. The molecule has 4 heteroatoms. The van der Waals surface area contributed by atoms with E-state index in [9.17, 15) is 0 Å². The van der Waals surface area contributed by atoms with Gasteiger partial charge in [0, 0.05) is 24.2 Å². The zero-order valence-corrected chi connectivity index (χ0v) is 27.2. The van der Waals surface area contributed by atoms with Gasteiger partial charge in [-0.3, -0.25) is 0 Å². The van der Waals surface area contributed by atoms with E-state index in [0.29, 0.717) is 24.2 Å². The van der Waals surface area contributed by atoms with E-state index in [4.69, 9.17) is 9.47 Å². The van der Waals surface area contributed by atoms with Crippen molar-refractivity contribution >= 4 is 0 Å². The molecule has 0 fully saturated rings. The molecule has 0 aliphatic carbocycles. The van der Waals surface area contributed by atoms with Crippen LogP contribution in [0.4, 0.5) is 0 Å². The lowest BCUT2D eigenvalue weighted by atomic mass is 10.0. The maximum Gasteiger partial charge on any atom is 0.119 e. The molecule has 2 N–H and O–H groups in total. The van der Waals surface area contributed by atoms with E-state index in [0.717, 1.165) is 63.2 Å². The predicted molar refractivity (Wildman–Crippen MR) is 185 cm³/mol. The van der Waals surface area contributed by atoms with E-state index in [1.807, 2.05) is 0 Å². The number of unbranched alkanes of at least 4 members (excludes halogenated alkanes) is 3. The monoisotopic (exact) mass is 592 g/mol. The SMILES string of the molecule is C[C@H](Cc1ccc(OCCCCCCOc2ccc(C[C@@H](C)N[C@H](C)c3ccccc3)cc2)cc1)N[C@H](C)c1ccccc1. The molecule has 0 bridgehead atoms. The molecule has 44 heavy (non-hydrogen) atoms. The predicted octanol–water partition coefficient (Wildman–Crippen LogP) is 9.27. The van der Waals surface area contributed by atoms with Crippen molar-refractivity contribution in [1.29, 1.82) is 0 Å². The molecular formula is C40H52N2O2. The van der Waals surface area contributed by atoms with Crippen molar-refractivity contribution in [2.24, 2.45) is 0 Å². The van der Waals surface area contributed by atoms with Gasteiger partial charge in [0.1, 0.15) is 11.5 Å². The molecule has 4 nitrogen and oxygen atoms in total. The summed E-state index contributed by atoms with van der Waals surface area (Å²) in [5.74, 6) is 1.91. The molecule has 0 aliphatic rings. The smallest absolute Gasteiger partial charge is 0.119 e. The highest BCUT2D eigenvalue weighted by molar-refractivity contribution is 5.29. The summed E-state index contributed by atoms with van der Waals surface area (Å²) in [5.41, 5.74) is 5.30. The van der Waals surface area contributed by atoms with Crippen LogP contribution in [-0.4, -0.2) is 25.3 Å². The first-order chi connectivity index (χ1) is 21.5. The Bertz CT molecular complexity index is 1200. The van der Waals surface area contributed by atoms with Gasteiger partial charge >= 0.3 is 0 Å². The van der Waals surface area contributed by atoms with Crippen molar-refractivity contribution in [3.05, 3.63) is 131 Å². The normalized spacial score (nSPS) is 14.0. The molecule has 4 atom stereocenters. The number of rotatable bonds is 19. The Morgan fingerprint density at radius 1 is 0.455 bits per heavy atom. The Kier molecular flexibility index (Phi) is 13.8. The van der Waals surface area contributed by atoms with Gasteiger partial charge in [-0.1, -0.05) is 84.9 Å². The summed E-state index contributed by atoms with van der Waals surface area (Å²) >= 11 is 0. The van der Waals surface area contributed by atoms with Gasteiger partial charge in [0.25, 0.3) is 0 Å². The fourth-order valence-corrected chi connectivity index (χ4v) is 5.74. The van der Waals surface area contributed by atoms with Crippen molar-refractivity contribution in [3.63, 3.8) is 0 Å². The summed E-state index contributed by atoms with van der Waals surface area (Å²) in [6.45, 7) is 10.5. The fourth-order valence-electron chi connectivity index (χ4n) is 5.74. The molecule has 0 saturated carbocycles. The molecule has 0 unspecified atom stereocenters. The van der Waals surface area contributed by atoms with Crippen molar-refractivity contribution in [3.8, 4) is 11.5 Å². The zero-order valence-electron chi connectivity index (χ0n) is 27.2. The van der Waals surface area contributed by atoms with E-state index in [1.165, 1.54) is 22.3 Å². The van der Waals surface area contributed by atoms with Gasteiger partial charge in [0.2, 0.25) is 0 Å². The summed E-state index contributed by atoms with van der Waals surface area (Å²) in [7, 11) is 0. The van der Waals surface area contributed by atoms with Crippen molar-refractivity contribution in [1.82, 2.24) is 10.6 Å². The summed E-state index contributed by atoms with van der Waals surface area (Å²) in [6, 6.07) is 39.9. The Morgan fingerprint density at radius 3 is 1.18 bits per heavy atom. The molecular weight excluding hydrogens is 540 g/mol. The van der Waals surface area contributed by atoms with Gasteiger partial charge in [0.05, 0.1) is 13.2 Å². The van der Waals surface area contributed by atoms with Crippen molar-refractivity contribution in [2.75, 3.05) is 13.2 Å². The van der Waals surface area contributed by atoms with E-state index in [-0.39, 0.29) is 0 Å². The molecule has 4 aromatic carbocycles. The average molecular weight is 593 g/mol. The first-order valence-electron chi connectivity index (χ1n) is 16.5. The molecule has 0 radical (unpaired) electrons. The summed E-state index contributed by atoms with van der Waals surface area (Å²) in [5, 5.41) is 7.41. The van der Waals surface area contributed by atoms with E-state index in [2.05, 4.69) is 148 Å². The van der Waals surface area contributed by atoms with E-state index < -0.39 is 0 Å². The molecule has 4 rings (SSSR count). The maximum atomic E-state index is 5.99. The summed E-state index contributed by atoms with van der Waals surface area (Å²) in [4.78, 5) is 0. The highest BCUT2D eigenvalue weighted by Crippen LogP contribution is 2.18. The number of nitrogens with one attached hydrogen (secondary N) is 2. The number of hydrogen-bond acceptors (Lipinski definition) is 4. The number of benzene rings is 4. The van der Waals surface area contributed by atoms with Crippen LogP contribution >= 0.6 is 0 Å². The lowest BCUT2D eigenvalue weighted by Gasteiger charge is -2.20. The summed E-state index contributed by atoms with van der Waals surface area (Å²) in [6.07, 6.45) is 6.41. The molecule has 0 saturated heterocycles. The van der Waals surface area contributed by atoms with Crippen LogP contribution in [0.25, 0.3) is 0 Å². The maximum absolute atomic E-state index is 5.99. The minimum absolute atomic E-state index is 0.337. The molecule has 0 amide bonds. The molecule has 0 spiro atoms. The molecule has 0 heterocycles. The highest BCUT2D eigenvalue weighted by Gasteiger charge is 2.11. The number of ether oxygens (including phenoxy) is 2. The van der Waals surface area contributed by atoms with Gasteiger partial charge in [0.15, 0.2) is 0 Å². The minimum atomic E-state index is 0.337. The fraction of sp³-hybridized carbons (Fsp3) is 0.400. The van der Waals surface area contributed by atoms with E-state index >= 15 is 0 Å². The second-order valence-corrected chi connectivity index (χ2v) is 12.2. The topological polar surface area (TPSA) is 42.5 Å². The van der Waals surface area contributed by atoms with Gasteiger partial charge in [-0.15, -0.1) is 0 Å². The standard InChI is InChI=1S/C40H52N2O2/c1-31(41-33(3)37-15-9-7-10-16-37)29-35-19-23-39(24-20-35)43-27-13-5-6-14-28-44-40-25-21-36(22-26-40)30-32(2)42-34(4)38-17-11-8-12-18-38/h7-12,15-26,31-34,41-42H,5-6,13-14,27-30H2,1-4H3/t31-,32-,33-,34-/m1/s1. The van der Waals surface area contributed by atoms with Crippen molar-refractivity contribution < 1.29 is 9.47 Å². The minimum Gasteiger partial charge on any atom is -0.494 e. The van der Waals surface area contributed by atoms with Crippen LogP contribution in [0.5, 0.6) is 11.5 Å². The first kappa shape index (κ1) is 33.3. The quantitative estimate of drug-likeness (QED) is 0.107. The Hall–Kier alpha value is -3.60. The van der Waals surface area contributed by atoms with Crippen LogP contribution in [0.3, 0.4) is 0 Å². The molecule has 4 aromatic rings. The largest absolute Gasteiger partial charge is 0.494 e. The molecule has 0 aromatic heterocycles. The molecule has 0 aliphatic heterocycles. The van der Waals surface area contributed by atoms with Crippen molar-refractivity contribution in [2.45, 2.75) is 90.4 Å². The zero-order chi connectivity index (χ0) is 31.0. The lowest BCUT2D eigenvalue weighted by molar-refractivity contribution is 0.287. The average Bonchev–Trinajstić information content (AvgIpc) is 3.04. The second-order valence-electron chi connectivity index (χ2n) is 12.2. The first-order valence-corrected chi connectivity index (χ1v) is 16.5. The van der Waals surface area contributed by atoms with Crippen LogP contribution in [0.1, 0.15) is 87.7 Å². The number of hydrogen-bond donors (Lipinski definition) is 2. The molecule has 234 valence electrons. The highest BCUT2D eigenvalue weighted by atomic mass is 16.5.